The molecule has 8 heteroatoms. The van der Waals surface area contributed by atoms with E-state index in [1.54, 1.807) is 7.11 Å². The number of nitrogens with zero attached hydrogens (tertiary/aromatic N) is 4. The third kappa shape index (κ3) is 4.40. The zero-order valence-electron chi connectivity index (χ0n) is 15.5. The molecule has 7 nitrogen and oxygen atoms in total. The van der Waals surface area contributed by atoms with E-state index in [-0.39, 0.29) is 0 Å². The zero-order valence-corrected chi connectivity index (χ0v) is 16.3. The molecule has 142 valence electrons. The first kappa shape index (κ1) is 18.2. The fourth-order valence-corrected chi connectivity index (χ4v) is 3.24. The molecule has 4 rings (SSSR count). The Morgan fingerprint density at radius 1 is 1.04 bits per heavy atom. The first-order chi connectivity index (χ1) is 13.7. The molecule has 28 heavy (non-hydrogen) atoms. The highest BCUT2D eigenvalue weighted by Crippen LogP contribution is 2.24. The molecule has 0 saturated heterocycles. The molecule has 0 saturated carbocycles. The molecule has 0 spiro atoms. The number of ether oxygens (including phenoxy) is 1. The summed E-state index contributed by atoms with van der Waals surface area (Å²) in [5.74, 6) is 2.92. The maximum absolute atomic E-state index is 5.69. The van der Waals surface area contributed by atoms with Crippen LogP contribution in [-0.2, 0) is 12.2 Å². The lowest BCUT2D eigenvalue weighted by Gasteiger charge is -2.00. The van der Waals surface area contributed by atoms with Gasteiger partial charge in [0.2, 0.25) is 17.6 Å². The second kappa shape index (κ2) is 8.26. The summed E-state index contributed by atoms with van der Waals surface area (Å²) in [4.78, 5) is 4.43. The van der Waals surface area contributed by atoms with Crippen molar-refractivity contribution in [2.45, 2.75) is 24.3 Å². The summed E-state index contributed by atoms with van der Waals surface area (Å²) in [7, 11) is 1.64. The van der Waals surface area contributed by atoms with Crippen LogP contribution in [-0.4, -0.2) is 27.4 Å². The van der Waals surface area contributed by atoms with Crippen LogP contribution in [0.2, 0.25) is 0 Å². The van der Waals surface area contributed by atoms with Crippen LogP contribution in [0.25, 0.3) is 11.4 Å². The molecule has 0 N–H and O–H groups in total. The van der Waals surface area contributed by atoms with Crippen molar-refractivity contribution >= 4 is 11.8 Å². The van der Waals surface area contributed by atoms with Gasteiger partial charge in [-0.1, -0.05) is 52.8 Å². The number of aromatic nitrogens is 4. The van der Waals surface area contributed by atoms with E-state index < -0.39 is 0 Å². The largest absolute Gasteiger partial charge is 0.497 e. The topological polar surface area (TPSA) is 87.1 Å². The van der Waals surface area contributed by atoms with E-state index >= 15 is 0 Å². The van der Waals surface area contributed by atoms with Gasteiger partial charge in [-0.05, 0) is 30.7 Å². The Balaban J connectivity index is 1.35. The van der Waals surface area contributed by atoms with Gasteiger partial charge >= 0.3 is 0 Å². The summed E-state index contributed by atoms with van der Waals surface area (Å²) in [6, 6.07) is 15.7. The van der Waals surface area contributed by atoms with Crippen molar-refractivity contribution in [2.24, 2.45) is 0 Å². The summed E-state index contributed by atoms with van der Waals surface area (Å²) in [5.41, 5.74) is 3.15. The predicted octanol–water partition coefficient (Wildman–Crippen LogP) is 4.32. The average Bonchev–Trinajstić information content (AvgIpc) is 3.36. The fourth-order valence-electron chi connectivity index (χ4n) is 2.62. The normalized spacial score (nSPS) is 10.9. The Morgan fingerprint density at radius 3 is 2.68 bits per heavy atom. The van der Waals surface area contributed by atoms with Gasteiger partial charge in [0.05, 0.1) is 19.3 Å². The number of benzene rings is 2. The number of thioether (sulfide) groups is 1. The Morgan fingerprint density at radius 2 is 1.89 bits per heavy atom. The second-order valence-corrected chi connectivity index (χ2v) is 7.08. The van der Waals surface area contributed by atoms with Crippen molar-refractivity contribution in [1.82, 2.24) is 20.3 Å². The van der Waals surface area contributed by atoms with Gasteiger partial charge in [-0.25, -0.2) is 0 Å². The zero-order chi connectivity index (χ0) is 19.3. The highest BCUT2D eigenvalue weighted by Gasteiger charge is 2.12. The quantitative estimate of drug-likeness (QED) is 0.428. The van der Waals surface area contributed by atoms with Crippen LogP contribution < -0.4 is 4.74 Å². The standard InChI is InChI=1S/C20H18N4O3S/c1-13-4-3-5-15(10-13)19-21-18(27-24-19)12-28-20-23-22-17(26-20)11-14-6-8-16(25-2)9-7-14/h3-10H,11-12H2,1-2H3. The molecule has 2 heterocycles. The second-order valence-electron chi connectivity index (χ2n) is 6.16. The van der Waals surface area contributed by atoms with Crippen molar-refractivity contribution in [1.29, 1.82) is 0 Å². The minimum atomic E-state index is 0.461. The number of methoxy groups -OCH3 is 1. The lowest BCUT2D eigenvalue weighted by molar-refractivity contribution is 0.389. The molecular formula is C20H18N4O3S. The lowest BCUT2D eigenvalue weighted by Crippen LogP contribution is -1.89. The SMILES string of the molecule is COc1ccc(Cc2nnc(SCc3nc(-c4cccc(C)c4)no3)o2)cc1. The van der Waals surface area contributed by atoms with Crippen LogP contribution in [0.5, 0.6) is 5.75 Å². The van der Waals surface area contributed by atoms with E-state index in [0.29, 0.717) is 35.0 Å². The molecule has 0 amide bonds. The van der Waals surface area contributed by atoms with Crippen molar-refractivity contribution in [2.75, 3.05) is 7.11 Å². The van der Waals surface area contributed by atoms with Crippen molar-refractivity contribution in [3.05, 3.63) is 71.4 Å². The van der Waals surface area contributed by atoms with Gasteiger partial charge in [-0.3, -0.25) is 0 Å². The minimum absolute atomic E-state index is 0.461. The molecule has 0 unspecified atom stereocenters. The first-order valence-corrected chi connectivity index (χ1v) is 9.66. The Hall–Kier alpha value is -3.13. The van der Waals surface area contributed by atoms with E-state index in [4.69, 9.17) is 13.7 Å². The molecule has 0 aliphatic carbocycles. The molecule has 0 aliphatic heterocycles. The number of aryl methyl sites for hydroxylation is 1. The fraction of sp³-hybridized carbons (Fsp3) is 0.200. The maximum atomic E-state index is 5.69. The monoisotopic (exact) mass is 394 g/mol. The highest BCUT2D eigenvalue weighted by atomic mass is 32.2. The van der Waals surface area contributed by atoms with Crippen molar-refractivity contribution < 1.29 is 13.7 Å². The Bertz CT molecular complexity index is 1060. The van der Waals surface area contributed by atoms with Crippen LogP contribution in [0.3, 0.4) is 0 Å². The van der Waals surface area contributed by atoms with Crippen LogP contribution in [0.15, 0.2) is 62.7 Å². The molecule has 0 radical (unpaired) electrons. The molecule has 2 aromatic carbocycles. The molecule has 0 bridgehead atoms. The molecular weight excluding hydrogens is 376 g/mol. The Kier molecular flexibility index (Phi) is 5.38. The molecule has 0 fully saturated rings. The predicted molar refractivity (Wildman–Crippen MR) is 104 cm³/mol. The van der Waals surface area contributed by atoms with Gasteiger partial charge in [0.15, 0.2) is 0 Å². The Labute approximate surface area is 166 Å². The maximum Gasteiger partial charge on any atom is 0.277 e. The summed E-state index contributed by atoms with van der Waals surface area (Å²) in [6.45, 7) is 2.03. The van der Waals surface area contributed by atoms with Gasteiger partial charge in [-0.15, -0.1) is 10.2 Å². The van der Waals surface area contributed by atoms with Gasteiger partial charge in [0, 0.05) is 5.56 Å². The summed E-state index contributed by atoms with van der Waals surface area (Å²) >= 11 is 1.37. The molecule has 0 aliphatic rings. The van der Waals surface area contributed by atoms with Gasteiger partial charge in [0.1, 0.15) is 5.75 Å². The number of hydrogen-bond donors (Lipinski definition) is 0. The summed E-state index contributed by atoms with van der Waals surface area (Å²) in [5, 5.41) is 12.7. The molecule has 0 atom stereocenters. The van der Waals surface area contributed by atoms with Gasteiger partial charge in [-0.2, -0.15) is 4.98 Å². The minimum Gasteiger partial charge on any atom is -0.497 e. The van der Waals surface area contributed by atoms with E-state index in [9.17, 15) is 0 Å². The average molecular weight is 394 g/mol. The third-order valence-corrected chi connectivity index (χ3v) is 4.83. The van der Waals surface area contributed by atoms with Crippen LogP contribution in [0.1, 0.15) is 22.9 Å². The van der Waals surface area contributed by atoms with Crippen LogP contribution >= 0.6 is 11.8 Å². The molecule has 2 aromatic heterocycles. The van der Waals surface area contributed by atoms with Crippen LogP contribution in [0, 0.1) is 6.92 Å². The number of rotatable bonds is 7. The molecule has 4 aromatic rings. The summed E-state index contributed by atoms with van der Waals surface area (Å²) < 4.78 is 16.2. The van der Waals surface area contributed by atoms with Crippen LogP contribution in [0.4, 0.5) is 0 Å². The smallest absolute Gasteiger partial charge is 0.277 e. The van der Waals surface area contributed by atoms with E-state index in [2.05, 4.69) is 20.3 Å². The van der Waals surface area contributed by atoms with Gasteiger partial charge < -0.3 is 13.7 Å². The summed E-state index contributed by atoms with van der Waals surface area (Å²) in [6.07, 6.45) is 0.565. The third-order valence-electron chi connectivity index (χ3n) is 4.03. The first-order valence-electron chi connectivity index (χ1n) is 8.67. The van der Waals surface area contributed by atoms with E-state index in [1.807, 2.05) is 55.5 Å². The van der Waals surface area contributed by atoms with E-state index in [0.717, 1.165) is 22.4 Å². The van der Waals surface area contributed by atoms with Crippen molar-refractivity contribution in [3.63, 3.8) is 0 Å². The number of hydrogen-bond acceptors (Lipinski definition) is 8. The lowest BCUT2D eigenvalue weighted by atomic mass is 10.1. The van der Waals surface area contributed by atoms with Gasteiger partial charge in [0.25, 0.3) is 5.22 Å². The van der Waals surface area contributed by atoms with Crippen molar-refractivity contribution in [3.8, 4) is 17.1 Å². The van der Waals surface area contributed by atoms with E-state index in [1.165, 1.54) is 11.8 Å². The highest BCUT2D eigenvalue weighted by molar-refractivity contribution is 7.98.